The number of para-hydroxylation sites is 1. The summed E-state index contributed by atoms with van der Waals surface area (Å²) in [5.41, 5.74) is 6.27. The van der Waals surface area contributed by atoms with Gasteiger partial charge in [0.1, 0.15) is 0 Å². The molecule has 2 aromatic carbocycles. The number of nitrogens with two attached hydrogens (primary N) is 1. The molecule has 2 aromatic rings. The first-order valence-electron chi connectivity index (χ1n) is 8.19. The molecule has 2 rings (SSSR count). The highest BCUT2D eigenvalue weighted by atomic mass is 35.5. The van der Waals surface area contributed by atoms with Crippen molar-refractivity contribution in [2.24, 2.45) is 5.73 Å². The van der Waals surface area contributed by atoms with E-state index in [1.807, 2.05) is 38.1 Å². The summed E-state index contributed by atoms with van der Waals surface area (Å²) in [5, 5.41) is 7.03. The van der Waals surface area contributed by atoms with Gasteiger partial charge in [-0.05, 0) is 43.7 Å². The van der Waals surface area contributed by atoms with Crippen molar-refractivity contribution in [3.05, 3.63) is 58.1 Å². The summed E-state index contributed by atoms with van der Waals surface area (Å²) >= 11 is 13.3. The van der Waals surface area contributed by atoms with E-state index in [1.165, 1.54) is 11.8 Å². The van der Waals surface area contributed by atoms with Crippen molar-refractivity contribution >= 4 is 52.5 Å². The van der Waals surface area contributed by atoms with Crippen molar-refractivity contribution in [1.29, 1.82) is 0 Å². The van der Waals surface area contributed by atoms with Crippen LogP contribution >= 0.6 is 35.0 Å². The summed E-state index contributed by atoms with van der Waals surface area (Å²) in [6.07, 6.45) is 0. The highest BCUT2D eigenvalue weighted by molar-refractivity contribution is 8.00. The summed E-state index contributed by atoms with van der Waals surface area (Å²) in [7, 11) is 0. The van der Waals surface area contributed by atoms with Gasteiger partial charge in [0, 0.05) is 10.4 Å². The molecule has 0 aliphatic carbocycles. The maximum absolute atomic E-state index is 12.4. The molecule has 144 valence electrons. The number of rotatable bonds is 8. The number of thioether (sulfide) groups is 1. The lowest BCUT2D eigenvalue weighted by Gasteiger charge is -2.27. The van der Waals surface area contributed by atoms with Gasteiger partial charge in [0.25, 0.3) is 0 Å². The Balaban J connectivity index is 1.99. The molecule has 0 saturated heterocycles. The molecular weight excluding hydrogens is 405 g/mol. The molecule has 0 fully saturated rings. The average molecular weight is 426 g/mol. The summed E-state index contributed by atoms with van der Waals surface area (Å²) in [6.45, 7) is 4.01. The third kappa shape index (κ3) is 6.43. The minimum Gasteiger partial charge on any atom is -0.369 e. The van der Waals surface area contributed by atoms with Crippen LogP contribution in [0.3, 0.4) is 0 Å². The van der Waals surface area contributed by atoms with Gasteiger partial charge in [-0.2, -0.15) is 0 Å². The third-order valence-electron chi connectivity index (χ3n) is 3.86. The Morgan fingerprint density at radius 3 is 2.48 bits per heavy atom. The second kappa shape index (κ2) is 9.46. The lowest BCUT2D eigenvalue weighted by atomic mass is 9.94. The second-order valence-electron chi connectivity index (χ2n) is 6.41. The first-order chi connectivity index (χ1) is 12.7. The van der Waals surface area contributed by atoms with Crippen molar-refractivity contribution < 1.29 is 9.59 Å². The van der Waals surface area contributed by atoms with Gasteiger partial charge < -0.3 is 11.1 Å². The Bertz CT molecular complexity index is 843. The van der Waals surface area contributed by atoms with E-state index >= 15 is 0 Å². The predicted octanol–water partition coefficient (Wildman–Crippen LogP) is 4.03. The SMILES string of the molecule is CC(C)(NCC(=O)Nc1ccccc1SCC(N)=O)c1ccc(Cl)c(Cl)c1. The van der Waals surface area contributed by atoms with E-state index in [9.17, 15) is 9.59 Å². The monoisotopic (exact) mass is 425 g/mol. The van der Waals surface area contributed by atoms with E-state index in [0.717, 1.165) is 10.5 Å². The van der Waals surface area contributed by atoms with E-state index in [2.05, 4.69) is 10.6 Å². The maximum Gasteiger partial charge on any atom is 0.238 e. The predicted molar refractivity (Wildman–Crippen MR) is 112 cm³/mol. The van der Waals surface area contributed by atoms with Crippen molar-refractivity contribution in [2.75, 3.05) is 17.6 Å². The van der Waals surface area contributed by atoms with Crippen molar-refractivity contribution in [1.82, 2.24) is 5.32 Å². The number of hydrogen-bond acceptors (Lipinski definition) is 4. The van der Waals surface area contributed by atoms with Crippen LogP contribution in [0.15, 0.2) is 47.4 Å². The number of carbonyl (C=O) groups excluding carboxylic acids is 2. The molecule has 0 aliphatic rings. The maximum atomic E-state index is 12.4. The van der Waals surface area contributed by atoms with Gasteiger partial charge in [-0.25, -0.2) is 0 Å². The fourth-order valence-corrected chi connectivity index (χ4v) is 3.37. The number of carbonyl (C=O) groups is 2. The van der Waals surface area contributed by atoms with Crippen LogP contribution in [0, 0.1) is 0 Å². The van der Waals surface area contributed by atoms with Crippen LogP contribution in [-0.4, -0.2) is 24.1 Å². The first kappa shape index (κ1) is 21.6. The van der Waals surface area contributed by atoms with Gasteiger partial charge in [0.15, 0.2) is 0 Å². The molecule has 0 bridgehead atoms. The minimum absolute atomic E-state index is 0.0993. The molecular formula is C19H21Cl2N3O2S. The highest BCUT2D eigenvalue weighted by Crippen LogP contribution is 2.29. The van der Waals surface area contributed by atoms with Crippen LogP contribution in [-0.2, 0) is 15.1 Å². The van der Waals surface area contributed by atoms with Crippen LogP contribution in [0.5, 0.6) is 0 Å². The van der Waals surface area contributed by atoms with Crippen molar-refractivity contribution in [3.8, 4) is 0 Å². The van der Waals surface area contributed by atoms with Gasteiger partial charge in [0.2, 0.25) is 11.8 Å². The minimum atomic E-state index is -0.480. The van der Waals surface area contributed by atoms with Crippen molar-refractivity contribution in [3.63, 3.8) is 0 Å². The molecule has 27 heavy (non-hydrogen) atoms. The molecule has 8 heteroatoms. The van der Waals surface area contributed by atoms with E-state index in [0.29, 0.717) is 15.7 Å². The highest BCUT2D eigenvalue weighted by Gasteiger charge is 2.22. The van der Waals surface area contributed by atoms with Gasteiger partial charge >= 0.3 is 0 Å². The number of anilines is 1. The number of amides is 2. The Morgan fingerprint density at radius 1 is 1.11 bits per heavy atom. The number of halogens is 2. The zero-order valence-corrected chi connectivity index (χ0v) is 17.3. The molecule has 0 heterocycles. The zero-order chi connectivity index (χ0) is 20.0. The number of nitrogens with one attached hydrogen (secondary N) is 2. The first-order valence-corrected chi connectivity index (χ1v) is 9.94. The normalized spacial score (nSPS) is 11.3. The number of benzene rings is 2. The number of primary amides is 1. The van der Waals surface area contributed by atoms with Gasteiger partial charge in [-0.15, -0.1) is 11.8 Å². The van der Waals surface area contributed by atoms with Crippen molar-refractivity contribution in [2.45, 2.75) is 24.3 Å². The largest absolute Gasteiger partial charge is 0.369 e. The van der Waals surface area contributed by atoms with Crippen LogP contribution in [0.4, 0.5) is 5.69 Å². The summed E-state index contributed by atoms with van der Waals surface area (Å²) in [5.74, 6) is -0.461. The molecule has 0 atom stereocenters. The molecule has 0 radical (unpaired) electrons. The molecule has 2 amide bonds. The quantitative estimate of drug-likeness (QED) is 0.557. The van der Waals surface area contributed by atoms with Crippen LogP contribution < -0.4 is 16.4 Å². The summed E-state index contributed by atoms with van der Waals surface area (Å²) < 4.78 is 0. The number of hydrogen-bond donors (Lipinski definition) is 3. The fraction of sp³-hybridized carbons (Fsp3) is 0.263. The molecule has 4 N–H and O–H groups in total. The Morgan fingerprint density at radius 2 is 1.81 bits per heavy atom. The van der Waals surface area contributed by atoms with Gasteiger partial charge in [0.05, 0.1) is 28.0 Å². The van der Waals surface area contributed by atoms with Gasteiger partial charge in [-0.3, -0.25) is 14.9 Å². The van der Waals surface area contributed by atoms with E-state index in [1.54, 1.807) is 18.2 Å². The Hall–Kier alpha value is -1.73. The van der Waals surface area contributed by atoms with Crippen LogP contribution in [0.2, 0.25) is 10.0 Å². The molecule has 0 aromatic heterocycles. The van der Waals surface area contributed by atoms with Gasteiger partial charge in [-0.1, -0.05) is 41.4 Å². The zero-order valence-electron chi connectivity index (χ0n) is 15.0. The average Bonchev–Trinajstić information content (AvgIpc) is 2.61. The summed E-state index contributed by atoms with van der Waals surface area (Å²) in [6, 6.07) is 12.7. The van der Waals surface area contributed by atoms with E-state index < -0.39 is 11.4 Å². The Labute approximate surface area is 173 Å². The topological polar surface area (TPSA) is 84.2 Å². The molecule has 0 saturated carbocycles. The smallest absolute Gasteiger partial charge is 0.238 e. The fourth-order valence-electron chi connectivity index (χ4n) is 2.33. The third-order valence-corrected chi connectivity index (χ3v) is 5.70. The van der Waals surface area contributed by atoms with Crippen LogP contribution in [0.1, 0.15) is 19.4 Å². The molecule has 0 aliphatic heterocycles. The molecule has 5 nitrogen and oxygen atoms in total. The lowest BCUT2D eigenvalue weighted by molar-refractivity contribution is -0.116. The standard InChI is InChI=1S/C19H21Cl2N3O2S/c1-19(2,12-7-8-13(20)14(21)9-12)23-10-18(26)24-15-5-3-4-6-16(15)27-11-17(22)25/h3-9,23H,10-11H2,1-2H3,(H2,22,25)(H,24,26). The van der Waals surface area contributed by atoms with Crippen LogP contribution in [0.25, 0.3) is 0 Å². The lowest BCUT2D eigenvalue weighted by Crippen LogP contribution is -2.41. The Kier molecular flexibility index (Phi) is 7.56. The molecule has 0 spiro atoms. The molecule has 0 unspecified atom stereocenters. The summed E-state index contributed by atoms with van der Waals surface area (Å²) in [4.78, 5) is 24.2. The second-order valence-corrected chi connectivity index (χ2v) is 8.24. The van der Waals surface area contributed by atoms with E-state index in [-0.39, 0.29) is 18.2 Å². The van der Waals surface area contributed by atoms with E-state index in [4.69, 9.17) is 28.9 Å².